The molecule has 4 rings (SSSR count). The lowest BCUT2D eigenvalue weighted by Crippen LogP contribution is -2.68. The first-order valence-corrected chi connectivity index (χ1v) is 13.8. The molecule has 19 heteroatoms. The van der Waals surface area contributed by atoms with E-state index in [1.807, 2.05) is 0 Å². The molecule has 0 amide bonds. The Kier molecular flexibility index (Phi) is 11.5. The lowest BCUT2D eigenvalue weighted by Gasteiger charge is -2.47. The van der Waals surface area contributed by atoms with Crippen molar-refractivity contribution >= 4 is 0 Å². The van der Waals surface area contributed by atoms with Crippen LogP contribution < -0.4 is 28.7 Å². The SMILES string of the molecule is NCC1OC(OC2C(CO)O[C@@H](OC3C(OC4OC(CO)C(O)C(O)C4N)C(N)C[C@@H](N)C3O)C2O)C(N)C(O)[C@@H]1O. The molecule has 0 radical (unpaired) electrons. The minimum atomic E-state index is -1.62. The molecule has 3 heterocycles. The molecule has 0 spiro atoms. The molecular formula is C23H45N5O14. The van der Waals surface area contributed by atoms with E-state index in [0.29, 0.717) is 0 Å². The fraction of sp³-hybridized carbons (Fsp3) is 1.00. The molecule has 0 aromatic rings. The molecular weight excluding hydrogens is 570 g/mol. The van der Waals surface area contributed by atoms with Crippen LogP contribution in [-0.4, -0.2) is 177 Å². The van der Waals surface area contributed by atoms with Crippen molar-refractivity contribution in [3.8, 4) is 0 Å². The monoisotopic (exact) mass is 615 g/mol. The summed E-state index contributed by atoms with van der Waals surface area (Å²) in [6, 6.07) is -4.30. The van der Waals surface area contributed by atoms with Crippen LogP contribution in [0.1, 0.15) is 6.42 Å². The molecule has 246 valence electrons. The van der Waals surface area contributed by atoms with Gasteiger partial charge in [0.05, 0.1) is 31.4 Å². The van der Waals surface area contributed by atoms with E-state index in [0.717, 1.165) is 0 Å². The Hall–Kier alpha value is -0.760. The van der Waals surface area contributed by atoms with Crippen molar-refractivity contribution in [2.45, 2.75) is 123 Å². The van der Waals surface area contributed by atoms with Gasteiger partial charge in [-0.2, -0.15) is 0 Å². The van der Waals surface area contributed by atoms with E-state index < -0.39 is 129 Å². The number of aliphatic hydroxyl groups is 8. The first-order valence-electron chi connectivity index (χ1n) is 13.8. The van der Waals surface area contributed by atoms with Gasteiger partial charge in [0.1, 0.15) is 67.1 Å². The molecule has 19 atom stereocenters. The van der Waals surface area contributed by atoms with Crippen molar-refractivity contribution in [3.63, 3.8) is 0 Å². The fourth-order valence-corrected chi connectivity index (χ4v) is 5.70. The second kappa shape index (κ2) is 14.1. The maximum Gasteiger partial charge on any atom is 0.187 e. The van der Waals surface area contributed by atoms with Gasteiger partial charge in [-0.1, -0.05) is 0 Å². The van der Waals surface area contributed by atoms with E-state index in [4.69, 9.17) is 57.1 Å². The van der Waals surface area contributed by atoms with Crippen molar-refractivity contribution in [2.24, 2.45) is 28.7 Å². The molecule has 42 heavy (non-hydrogen) atoms. The van der Waals surface area contributed by atoms with Crippen LogP contribution in [0.4, 0.5) is 0 Å². The van der Waals surface area contributed by atoms with Gasteiger partial charge in [0.15, 0.2) is 18.9 Å². The second-order valence-electron chi connectivity index (χ2n) is 11.2. The molecule has 3 saturated heterocycles. The zero-order chi connectivity index (χ0) is 31.0. The Morgan fingerprint density at radius 1 is 0.524 bits per heavy atom. The number of hydrogen-bond acceptors (Lipinski definition) is 19. The highest BCUT2D eigenvalue weighted by Crippen LogP contribution is 2.34. The van der Waals surface area contributed by atoms with Crippen LogP contribution in [-0.2, 0) is 28.4 Å². The Morgan fingerprint density at radius 2 is 1.00 bits per heavy atom. The number of ether oxygens (including phenoxy) is 6. The van der Waals surface area contributed by atoms with Crippen molar-refractivity contribution in [3.05, 3.63) is 0 Å². The molecule has 3 aliphatic heterocycles. The largest absolute Gasteiger partial charge is 0.394 e. The average Bonchev–Trinajstić information content (AvgIpc) is 3.27. The average molecular weight is 616 g/mol. The highest BCUT2D eigenvalue weighted by Gasteiger charge is 2.54. The summed E-state index contributed by atoms with van der Waals surface area (Å²) >= 11 is 0. The van der Waals surface area contributed by atoms with Gasteiger partial charge in [-0.3, -0.25) is 0 Å². The summed E-state index contributed by atoms with van der Waals surface area (Å²) in [5, 5.41) is 82.3. The van der Waals surface area contributed by atoms with E-state index in [-0.39, 0.29) is 13.0 Å². The molecule has 0 aromatic heterocycles. The van der Waals surface area contributed by atoms with Crippen molar-refractivity contribution in [1.82, 2.24) is 0 Å². The summed E-state index contributed by atoms with van der Waals surface area (Å²) < 4.78 is 34.4. The highest BCUT2D eigenvalue weighted by molar-refractivity contribution is 5.02. The van der Waals surface area contributed by atoms with Crippen molar-refractivity contribution in [2.75, 3.05) is 19.8 Å². The Bertz CT molecular complexity index is 866. The quantitative estimate of drug-likeness (QED) is 0.114. The minimum Gasteiger partial charge on any atom is -0.394 e. The molecule has 16 unspecified atom stereocenters. The second-order valence-corrected chi connectivity index (χ2v) is 11.2. The smallest absolute Gasteiger partial charge is 0.187 e. The zero-order valence-corrected chi connectivity index (χ0v) is 22.7. The predicted molar refractivity (Wildman–Crippen MR) is 136 cm³/mol. The molecule has 19 nitrogen and oxygen atoms in total. The van der Waals surface area contributed by atoms with Crippen LogP contribution in [0.2, 0.25) is 0 Å². The number of hydrogen-bond donors (Lipinski definition) is 13. The standard InChI is InChI=1S/C23H45N5O14/c24-2-7-13(32)15(34)10(27)21(37-7)41-19-9(4-30)39-23(17(19)36)42-20-12(31)5(25)1-6(26)18(20)40-22-11(28)16(35)14(33)8(3-29)38-22/h5-23,29-36H,1-4,24-28H2/t5-,6?,7?,8?,9?,10?,11?,12?,13-,14?,15?,16?,17?,18?,19?,20?,21?,22?,23+/m1/s1. The van der Waals surface area contributed by atoms with Crippen LogP contribution in [0.5, 0.6) is 0 Å². The normalized spacial score (nSPS) is 53.8. The van der Waals surface area contributed by atoms with Gasteiger partial charge < -0.3 is 97.9 Å². The lowest BCUT2D eigenvalue weighted by atomic mass is 9.84. The summed E-state index contributed by atoms with van der Waals surface area (Å²) in [6.45, 7) is -1.49. The van der Waals surface area contributed by atoms with E-state index in [1.54, 1.807) is 0 Å². The predicted octanol–water partition coefficient (Wildman–Crippen LogP) is -8.86. The third-order valence-corrected chi connectivity index (χ3v) is 8.32. The highest BCUT2D eigenvalue weighted by atomic mass is 16.8. The molecule has 1 aliphatic carbocycles. The molecule has 0 aromatic carbocycles. The summed E-state index contributed by atoms with van der Waals surface area (Å²) in [6.07, 6.45) is -20.5. The van der Waals surface area contributed by atoms with Crippen LogP contribution in [0.15, 0.2) is 0 Å². The molecule has 0 bridgehead atoms. The van der Waals surface area contributed by atoms with E-state index in [2.05, 4.69) is 0 Å². The van der Waals surface area contributed by atoms with Gasteiger partial charge in [0.2, 0.25) is 0 Å². The van der Waals surface area contributed by atoms with Gasteiger partial charge >= 0.3 is 0 Å². The lowest BCUT2D eigenvalue weighted by molar-refractivity contribution is -0.310. The van der Waals surface area contributed by atoms with E-state index >= 15 is 0 Å². The van der Waals surface area contributed by atoms with Crippen LogP contribution in [0, 0.1) is 0 Å². The molecule has 1 saturated carbocycles. The Morgan fingerprint density at radius 3 is 1.55 bits per heavy atom. The molecule has 4 fully saturated rings. The Balaban J connectivity index is 1.50. The van der Waals surface area contributed by atoms with Crippen molar-refractivity contribution < 1.29 is 69.3 Å². The van der Waals surface area contributed by atoms with Gasteiger partial charge in [0.25, 0.3) is 0 Å². The van der Waals surface area contributed by atoms with Gasteiger partial charge in [-0.15, -0.1) is 0 Å². The summed E-state index contributed by atoms with van der Waals surface area (Å²) in [4.78, 5) is 0. The number of rotatable bonds is 9. The third-order valence-electron chi connectivity index (χ3n) is 8.32. The zero-order valence-electron chi connectivity index (χ0n) is 22.7. The van der Waals surface area contributed by atoms with Gasteiger partial charge in [-0.25, -0.2) is 0 Å². The third kappa shape index (κ3) is 6.60. The Labute approximate surface area is 240 Å². The molecule has 18 N–H and O–H groups in total. The van der Waals surface area contributed by atoms with E-state index in [1.165, 1.54) is 0 Å². The number of nitrogens with two attached hydrogens (primary N) is 5. The maximum absolute atomic E-state index is 11.1. The topological polar surface area (TPSA) is 347 Å². The number of aliphatic hydroxyl groups excluding tert-OH is 8. The first kappa shape index (κ1) is 34.1. The van der Waals surface area contributed by atoms with E-state index in [9.17, 15) is 40.9 Å². The van der Waals surface area contributed by atoms with Gasteiger partial charge in [0, 0.05) is 18.6 Å². The van der Waals surface area contributed by atoms with Crippen LogP contribution in [0.3, 0.4) is 0 Å². The summed E-state index contributed by atoms with van der Waals surface area (Å²) in [7, 11) is 0. The molecule has 4 aliphatic rings. The fourth-order valence-electron chi connectivity index (χ4n) is 5.70. The van der Waals surface area contributed by atoms with Crippen LogP contribution >= 0.6 is 0 Å². The van der Waals surface area contributed by atoms with Crippen LogP contribution in [0.25, 0.3) is 0 Å². The maximum atomic E-state index is 11.1. The first-order chi connectivity index (χ1) is 19.8. The summed E-state index contributed by atoms with van der Waals surface area (Å²) in [5.41, 5.74) is 29.9. The summed E-state index contributed by atoms with van der Waals surface area (Å²) in [5.74, 6) is 0. The van der Waals surface area contributed by atoms with Crippen molar-refractivity contribution in [1.29, 1.82) is 0 Å². The minimum absolute atomic E-state index is 0.0642. The van der Waals surface area contributed by atoms with Gasteiger partial charge in [-0.05, 0) is 6.42 Å².